The summed E-state index contributed by atoms with van der Waals surface area (Å²) in [5.74, 6) is -0.00786. The van der Waals surface area contributed by atoms with Gasteiger partial charge in [-0.15, -0.1) is 11.3 Å². The second-order valence-corrected chi connectivity index (χ2v) is 6.00. The molecule has 2 rings (SSSR count). The summed E-state index contributed by atoms with van der Waals surface area (Å²) in [6, 6.07) is 12.0. The topological polar surface area (TPSA) is 32.3 Å². The van der Waals surface area contributed by atoms with Crippen molar-refractivity contribution in [2.24, 2.45) is 0 Å². The number of nitrogens with one attached hydrogen (secondary N) is 1. The highest BCUT2D eigenvalue weighted by Gasteiger charge is 2.17. The minimum atomic E-state index is -0.00786. The fraction of sp³-hybridized carbons (Fsp3) is 0.312. The third-order valence-electron chi connectivity index (χ3n) is 3.34. The molecule has 1 atom stereocenters. The number of hydrogen-bond donors (Lipinski definition) is 1. The molecule has 20 heavy (non-hydrogen) atoms. The number of carbonyl (C=O) groups excluding carboxylic acids is 1. The van der Waals surface area contributed by atoms with Gasteiger partial charge in [-0.25, -0.2) is 0 Å². The Labute approximate surface area is 124 Å². The summed E-state index contributed by atoms with van der Waals surface area (Å²) < 4.78 is 0. The first-order chi connectivity index (χ1) is 9.59. The van der Waals surface area contributed by atoms with Crippen LogP contribution in [0, 0.1) is 6.92 Å². The molecule has 0 aliphatic carbocycles. The van der Waals surface area contributed by atoms with E-state index in [-0.39, 0.29) is 11.9 Å². The van der Waals surface area contributed by atoms with Gasteiger partial charge >= 0.3 is 0 Å². The van der Waals surface area contributed by atoms with E-state index < -0.39 is 0 Å². The van der Waals surface area contributed by atoms with Crippen molar-refractivity contribution in [3.8, 4) is 0 Å². The minimum absolute atomic E-state index is 0.00786. The molecule has 0 fully saturated rings. The summed E-state index contributed by atoms with van der Waals surface area (Å²) in [6.07, 6.45) is 0. The van der Waals surface area contributed by atoms with E-state index in [1.165, 1.54) is 4.88 Å². The van der Waals surface area contributed by atoms with Gasteiger partial charge in [0, 0.05) is 17.0 Å². The van der Waals surface area contributed by atoms with Crippen LogP contribution in [-0.4, -0.2) is 31.4 Å². The van der Waals surface area contributed by atoms with Crippen LogP contribution in [-0.2, 0) is 0 Å². The van der Waals surface area contributed by atoms with E-state index in [0.29, 0.717) is 6.54 Å². The normalized spacial score (nSPS) is 12.4. The van der Waals surface area contributed by atoms with Crippen molar-refractivity contribution in [2.45, 2.75) is 13.0 Å². The zero-order valence-corrected chi connectivity index (χ0v) is 12.9. The van der Waals surface area contributed by atoms with Gasteiger partial charge in [-0.3, -0.25) is 4.79 Å². The zero-order chi connectivity index (χ0) is 14.5. The van der Waals surface area contributed by atoms with Crippen molar-refractivity contribution in [3.63, 3.8) is 0 Å². The number of aryl methyl sites for hydroxylation is 1. The van der Waals surface area contributed by atoms with E-state index in [4.69, 9.17) is 0 Å². The molecule has 0 aliphatic heterocycles. The minimum Gasteiger partial charge on any atom is -0.350 e. The maximum atomic E-state index is 12.2. The SMILES string of the molecule is Cc1ccccc1C(=O)NC[C@H](c1cccs1)N(C)C. The van der Waals surface area contributed by atoms with Crippen LogP contribution < -0.4 is 5.32 Å². The first kappa shape index (κ1) is 14.8. The fourth-order valence-electron chi connectivity index (χ4n) is 2.13. The summed E-state index contributed by atoms with van der Waals surface area (Å²) in [5.41, 5.74) is 1.75. The van der Waals surface area contributed by atoms with Crippen molar-refractivity contribution in [1.82, 2.24) is 10.2 Å². The lowest BCUT2D eigenvalue weighted by Gasteiger charge is -2.23. The first-order valence-corrected chi connectivity index (χ1v) is 7.51. The molecule has 0 radical (unpaired) electrons. The number of rotatable bonds is 5. The summed E-state index contributed by atoms with van der Waals surface area (Å²) in [6.45, 7) is 2.57. The van der Waals surface area contributed by atoms with Gasteiger partial charge in [-0.1, -0.05) is 24.3 Å². The lowest BCUT2D eigenvalue weighted by Crippen LogP contribution is -2.34. The van der Waals surface area contributed by atoms with Crippen molar-refractivity contribution in [2.75, 3.05) is 20.6 Å². The lowest BCUT2D eigenvalue weighted by atomic mass is 10.1. The third-order valence-corrected chi connectivity index (χ3v) is 4.31. The summed E-state index contributed by atoms with van der Waals surface area (Å²) in [5, 5.41) is 5.10. The Kier molecular flexibility index (Phi) is 4.93. The monoisotopic (exact) mass is 288 g/mol. The Balaban J connectivity index is 2.03. The Morgan fingerprint density at radius 2 is 2.00 bits per heavy atom. The van der Waals surface area contributed by atoms with Gasteiger partial charge in [-0.05, 0) is 44.1 Å². The zero-order valence-electron chi connectivity index (χ0n) is 12.1. The van der Waals surface area contributed by atoms with Crippen molar-refractivity contribution in [3.05, 3.63) is 57.8 Å². The standard InChI is InChI=1S/C16H20N2OS/c1-12-7-4-5-8-13(12)16(19)17-11-14(18(2)3)15-9-6-10-20-15/h4-10,14H,11H2,1-3H3,(H,17,19)/t14-/m1/s1. The molecule has 1 heterocycles. The molecule has 0 spiro atoms. The lowest BCUT2D eigenvalue weighted by molar-refractivity contribution is 0.0941. The van der Waals surface area contributed by atoms with E-state index >= 15 is 0 Å². The van der Waals surface area contributed by atoms with Crippen LogP contribution in [0.4, 0.5) is 0 Å². The predicted molar refractivity (Wildman–Crippen MR) is 84.3 cm³/mol. The van der Waals surface area contributed by atoms with Crippen LogP contribution in [0.25, 0.3) is 0 Å². The van der Waals surface area contributed by atoms with E-state index in [2.05, 4.69) is 21.7 Å². The van der Waals surface area contributed by atoms with Crippen LogP contribution >= 0.6 is 11.3 Å². The number of carbonyl (C=O) groups is 1. The van der Waals surface area contributed by atoms with Crippen LogP contribution in [0.3, 0.4) is 0 Å². The Morgan fingerprint density at radius 3 is 2.60 bits per heavy atom. The molecule has 3 nitrogen and oxygen atoms in total. The average Bonchev–Trinajstić information content (AvgIpc) is 2.92. The molecular weight excluding hydrogens is 268 g/mol. The molecule has 0 saturated carbocycles. The molecule has 4 heteroatoms. The van der Waals surface area contributed by atoms with Crippen molar-refractivity contribution >= 4 is 17.2 Å². The number of benzene rings is 1. The van der Waals surface area contributed by atoms with Gasteiger partial charge in [0.05, 0.1) is 6.04 Å². The molecule has 1 amide bonds. The largest absolute Gasteiger partial charge is 0.350 e. The van der Waals surface area contributed by atoms with Crippen LogP contribution in [0.1, 0.15) is 26.8 Å². The molecule has 0 unspecified atom stereocenters. The van der Waals surface area contributed by atoms with E-state index in [1.807, 2.05) is 51.4 Å². The van der Waals surface area contributed by atoms with E-state index in [9.17, 15) is 4.79 Å². The number of amides is 1. The van der Waals surface area contributed by atoms with Crippen LogP contribution in [0.2, 0.25) is 0 Å². The fourth-order valence-corrected chi connectivity index (χ4v) is 3.05. The van der Waals surface area contributed by atoms with Gasteiger partial charge < -0.3 is 10.2 Å². The number of thiophene rings is 1. The Bertz CT molecular complexity index is 564. The average molecular weight is 288 g/mol. The maximum Gasteiger partial charge on any atom is 0.251 e. The Morgan fingerprint density at radius 1 is 1.25 bits per heavy atom. The molecule has 0 bridgehead atoms. The quantitative estimate of drug-likeness (QED) is 0.917. The molecular formula is C16H20N2OS. The smallest absolute Gasteiger partial charge is 0.251 e. The second-order valence-electron chi connectivity index (χ2n) is 5.02. The summed E-state index contributed by atoms with van der Waals surface area (Å²) in [4.78, 5) is 15.6. The first-order valence-electron chi connectivity index (χ1n) is 6.63. The molecule has 2 aromatic rings. The van der Waals surface area contributed by atoms with E-state index in [1.54, 1.807) is 11.3 Å². The van der Waals surface area contributed by atoms with E-state index in [0.717, 1.165) is 11.1 Å². The van der Waals surface area contributed by atoms with Gasteiger partial charge in [0.25, 0.3) is 5.91 Å². The highest BCUT2D eigenvalue weighted by molar-refractivity contribution is 7.10. The van der Waals surface area contributed by atoms with Gasteiger partial charge in [0.2, 0.25) is 0 Å². The van der Waals surface area contributed by atoms with Crippen LogP contribution in [0.5, 0.6) is 0 Å². The van der Waals surface area contributed by atoms with Gasteiger partial charge in [0.1, 0.15) is 0 Å². The predicted octanol–water partition coefficient (Wildman–Crippen LogP) is 3.09. The van der Waals surface area contributed by atoms with Gasteiger partial charge in [-0.2, -0.15) is 0 Å². The summed E-state index contributed by atoms with van der Waals surface area (Å²) in [7, 11) is 4.06. The maximum absolute atomic E-state index is 12.2. The summed E-state index contributed by atoms with van der Waals surface area (Å²) >= 11 is 1.72. The second kappa shape index (κ2) is 6.68. The molecule has 0 saturated heterocycles. The van der Waals surface area contributed by atoms with Crippen molar-refractivity contribution in [1.29, 1.82) is 0 Å². The molecule has 106 valence electrons. The van der Waals surface area contributed by atoms with Crippen LogP contribution in [0.15, 0.2) is 41.8 Å². The molecule has 1 aromatic heterocycles. The highest BCUT2D eigenvalue weighted by Crippen LogP contribution is 2.22. The number of likely N-dealkylation sites (N-methyl/N-ethyl adjacent to an activating group) is 1. The number of nitrogens with zero attached hydrogens (tertiary/aromatic N) is 1. The number of hydrogen-bond acceptors (Lipinski definition) is 3. The third kappa shape index (κ3) is 3.46. The molecule has 1 N–H and O–H groups in total. The van der Waals surface area contributed by atoms with Gasteiger partial charge in [0.15, 0.2) is 0 Å². The molecule has 1 aromatic carbocycles. The highest BCUT2D eigenvalue weighted by atomic mass is 32.1. The Hall–Kier alpha value is -1.65. The molecule has 0 aliphatic rings. The van der Waals surface area contributed by atoms with Crippen molar-refractivity contribution < 1.29 is 4.79 Å².